The molecule has 2 saturated heterocycles. The van der Waals surface area contributed by atoms with E-state index in [0.29, 0.717) is 31.2 Å². The zero-order valence-corrected chi connectivity index (χ0v) is 17.3. The smallest absolute Gasteiger partial charge is 0.259 e. The number of hydrogen-bond donors (Lipinski definition) is 0. The number of hydrogen-bond acceptors (Lipinski definition) is 4. The van der Waals surface area contributed by atoms with Crippen LogP contribution in [0.25, 0.3) is 5.82 Å². The summed E-state index contributed by atoms with van der Waals surface area (Å²) in [7, 11) is 1.84. The number of carbonyl (C=O) groups excluding carboxylic acids is 2. The van der Waals surface area contributed by atoms with Gasteiger partial charge in [0.2, 0.25) is 5.91 Å². The highest BCUT2D eigenvalue weighted by Crippen LogP contribution is 2.19. The fourth-order valence-electron chi connectivity index (χ4n) is 4.39. The largest absolute Gasteiger partial charge is 0.339 e. The van der Waals surface area contributed by atoms with Crippen LogP contribution in [0.15, 0.2) is 30.7 Å². The number of piperazine rings is 1. The molecule has 2 aliphatic rings. The Labute approximate surface area is 171 Å². The van der Waals surface area contributed by atoms with Crippen molar-refractivity contribution in [2.75, 3.05) is 39.3 Å². The average Bonchev–Trinajstić information content (AvgIpc) is 3.37. The molecule has 8 nitrogen and oxygen atoms in total. The van der Waals surface area contributed by atoms with E-state index in [4.69, 9.17) is 0 Å². The van der Waals surface area contributed by atoms with Gasteiger partial charge in [-0.1, -0.05) is 0 Å². The summed E-state index contributed by atoms with van der Waals surface area (Å²) in [5.74, 6) is 0.994. The fraction of sp³-hybridized carbons (Fsp3) is 0.571. The van der Waals surface area contributed by atoms with Crippen LogP contribution in [0.3, 0.4) is 0 Å². The van der Waals surface area contributed by atoms with E-state index >= 15 is 0 Å². The lowest BCUT2D eigenvalue weighted by atomic mass is 10.0. The predicted molar refractivity (Wildman–Crippen MR) is 110 cm³/mol. The van der Waals surface area contributed by atoms with Crippen LogP contribution in [0.5, 0.6) is 0 Å². The maximum atomic E-state index is 13.1. The third-order valence-corrected chi connectivity index (χ3v) is 6.13. The van der Waals surface area contributed by atoms with Crippen LogP contribution >= 0.6 is 0 Å². The maximum Gasteiger partial charge on any atom is 0.259 e. The Bertz CT molecular complexity index is 851. The molecule has 0 saturated carbocycles. The van der Waals surface area contributed by atoms with E-state index in [-0.39, 0.29) is 11.8 Å². The Morgan fingerprint density at radius 1 is 1.07 bits per heavy atom. The third kappa shape index (κ3) is 4.07. The second-order valence-electron chi connectivity index (χ2n) is 8.10. The van der Waals surface area contributed by atoms with Crippen molar-refractivity contribution in [1.29, 1.82) is 0 Å². The van der Waals surface area contributed by atoms with Crippen LogP contribution in [0.2, 0.25) is 0 Å². The Kier molecular flexibility index (Phi) is 5.71. The number of nitrogens with zero attached hydrogens (tertiary/aromatic N) is 6. The van der Waals surface area contributed by atoms with Gasteiger partial charge >= 0.3 is 0 Å². The highest BCUT2D eigenvalue weighted by atomic mass is 16.2. The molecule has 2 aliphatic heterocycles. The number of aromatic nitrogens is 3. The molecule has 2 aromatic rings. The normalized spacial score (nSPS) is 20.8. The lowest BCUT2D eigenvalue weighted by Gasteiger charge is -2.38. The molecule has 29 heavy (non-hydrogen) atoms. The molecule has 0 bridgehead atoms. The van der Waals surface area contributed by atoms with Gasteiger partial charge in [-0.25, -0.2) is 0 Å². The van der Waals surface area contributed by atoms with Gasteiger partial charge in [-0.05, 0) is 38.3 Å². The molecule has 0 aromatic carbocycles. The van der Waals surface area contributed by atoms with Crippen LogP contribution in [-0.2, 0) is 11.8 Å². The second kappa shape index (κ2) is 8.41. The van der Waals surface area contributed by atoms with Crippen molar-refractivity contribution < 1.29 is 9.59 Å². The van der Waals surface area contributed by atoms with Gasteiger partial charge in [-0.2, -0.15) is 5.10 Å². The third-order valence-electron chi connectivity index (χ3n) is 6.13. The molecule has 0 radical (unpaired) electrons. The molecular weight excluding hydrogens is 368 g/mol. The summed E-state index contributed by atoms with van der Waals surface area (Å²) in [6.07, 6.45) is 8.89. The van der Waals surface area contributed by atoms with Crippen molar-refractivity contribution in [2.24, 2.45) is 7.05 Å². The highest BCUT2D eigenvalue weighted by molar-refractivity contribution is 5.97. The van der Waals surface area contributed by atoms with Gasteiger partial charge in [-0.3, -0.25) is 19.2 Å². The van der Waals surface area contributed by atoms with Gasteiger partial charge in [0.1, 0.15) is 11.4 Å². The first-order valence-corrected chi connectivity index (χ1v) is 10.5. The maximum absolute atomic E-state index is 13.1. The number of rotatable bonds is 4. The van der Waals surface area contributed by atoms with Crippen molar-refractivity contribution in [1.82, 2.24) is 29.0 Å². The number of carbonyl (C=O) groups is 2. The molecule has 4 heterocycles. The highest BCUT2D eigenvalue weighted by Gasteiger charge is 2.29. The molecule has 0 aliphatic carbocycles. The van der Waals surface area contributed by atoms with Crippen molar-refractivity contribution in [3.63, 3.8) is 0 Å². The summed E-state index contributed by atoms with van der Waals surface area (Å²) in [6, 6.07) is 4.21. The summed E-state index contributed by atoms with van der Waals surface area (Å²) in [4.78, 5) is 31.9. The molecule has 2 aromatic heterocycles. The van der Waals surface area contributed by atoms with E-state index in [1.807, 2.05) is 45.9 Å². The molecule has 1 atom stereocenters. The van der Waals surface area contributed by atoms with Crippen molar-refractivity contribution in [2.45, 2.75) is 32.2 Å². The zero-order valence-electron chi connectivity index (χ0n) is 17.3. The Morgan fingerprint density at radius 2 is 1.79 bits per heavy atom. The topological polar surface area (TPSA) is 66.6 Å². The summed E-state index contributed by atoms with van der Waals surface area (Å²) in [6.45, 7) is 6.17. The van der Waals surface area contributed by atoms with Crippen molar-refractivity contribution in [3.8, 4) is 5.82 Å². The summed E-state index contributed by atoms with van der Waals surface area (Å²) in [5, 5.41) is 4.29. The van der Waals surface area contributed by atoms with Gasteiger partial charge in [0.25, 0.3) is 5.91 Å². The lowest BCUT2D eigenvalue weighted by Crippen LogP contribution is -2.53. The SMILES string of the molecule is CC1CCCCN1C(=O)CN1CCN(C(=O)c2cnn(C)c2-n2cccc2)CC1. The Morgan fingerprint density at radius 3 is 2.48 bits per heavy atom. The number of likely N-dealkylation sites (tertiary alicyclic amines) is 1. The monoisotopic (exact) mass is 398 g/mol. The summed E-state index contributed by atoms with van der Waals surface area (Å²) < 4.78 is 3.64. The first kappa shape index (κ1) is 19.7. The van der Waals surface area contributed by atoms with Crippen LogP contribution in [0, 0.1) is 0 Å². The average molecular weight is 399 g/mol. The van der Waals surface area contributed by atoms with E-state index < -0.39 is 0 Å². The van der Waals surface area contributed by atoms with Gasteiger partial charge in [0.05, 0.1) is 12.7 Å². The van der Waals surface area contributed by atoms with Crippen LogP contribution in [0.4, 0.5) is 0 Å². The molecule has 0 N–H and O–H groups in total. The molecule has 1 unspecified atom stereocenters. The van der Waals surface area contributed by atoms with Crippen molar-refractivity contribution in [3.05, 3.63) is 36.3 Å². The molecule has 2 amide bonds. The zero-order chi connectivity index (χ0) is 20.4. The van der Waals surface area contributed by atoms with Gasteiger partial charge in [-0.15, -0.1) is 0 Å². The molecule has 156 valence electrons. The Balaban J connectivity index is 1.35. The van der Waals surface area contributed by atoms with E-state index in [2.05, 4.69) is 16.9 Å². The minimum atomic E-state index is -0.00238. The van der Waals surface area contributed by atoms with E-state index in [9.17, 15) is 9.59 Å². The lowest BCUT2D eigenvalue weighted by molar-refractivity contribution is -0.136. The first-order chi connectivity index (χ1) is 14.0. The first-order valence-electron chi connectivity index (χ1n) is 10.5. The molecular formula is C21H30N6O2. The summed E-state index contributed by atoms with van der Waals surface area (Å²) in [5.41, 5.74) is 0.607. The van der Waals surface area contributed by atoms with Gasteiger partial charge in [0, 0.05) is 58.2 Å². The number of piperidine rings is 1. The van der Waals surface area contributed by atoms with E-state index in [1.54, 1.807) is 10.9 Å². The van der Waals surface area contributed by atoms with Crippen molar-refractivity contribution >= 4 is 11.8 Å². The van der Waals surface area contributed by atoms with Gasteiger partial charge < -0.3 is 14.4 Å². The van der Waals surface area contributed by atoms with Gasteiger partial charge in [0.15, 0.2) is 0 Å². The number of amides is 2. The quantitative estimate of drug-likeness (QED) is 0.780. The van der Waals surface area contributed by atoms with Crippen LogP contribution in [0.1, 0.15) is 36.5 Å². The fourth-order valence-corrected chi connectivity index (χ4v) is 4.39. The minimum absolute atomic E-state index is 0.00238. The van der Waals surface area contributed by atoms with E-state index in [1.165, 1.54) is 6.42 Å². The molecule has 2 fully saturated rings. The minimum Gasteiger partial charge on any atom is -0.339 e. The molecule has 8 heteroatoms. The predicted octanol–water partition coefficient (Wildman–Crippen LogP) is 1.37. The molecule has 0 spiro atoms. The van der Waals surface area contributed by atoms with E-state index in [0.717, 1.165) is 38.3 Å². The number of aryl methyl sites for hydroxylation is 1. The van der Waals surface area contributed by atoms with Crippen LogP contribution < -0.4 is 0 Å². The second-order valence-corrected chi connectivity index (χ2v) is 8.10. The summed E-state index contributed by atoms with van der Waals surface area (Å²) >= 11 is 0. The Hall–Kier alpha value is -2.61. The molecule has 4 rings (SSSR count). The standard InChI is InChI=1S/C21H30N6O2/c1-17-7-3-4-10-27(17)19(28)16-24-11-13-26(14-12-24)21(29)18-15-22-23(2)20(18)25-8-5-6-9-25/h5-6,8-9,15,17H,3-4,7,10-14,16H2,1-2H3. The van der Waals surface area contributed by atoms with Crippen LogP contribution in [-0.4, -0.2) is 86.2 Å².